The van der Waals surface area contributed by atoms with E-state index in [-0.39, 0.29) is 4.90 Å². The van der Waals surface area contributed by atoms with E-state index in [0.29, 0.717) is 23.1 Å². The summed E-state index contributed by atoms with van der Waals surface area (Å²) in [6.07, 6.45) is 1.49. The Bertz CT molecular complexity index is 836. The first-order valence-corrected chi connectivity index (χ1v) is 8.31. The van der Waals surface area contributed by atoms with Gasteiger partial charge in [-0.1, -0.05) is 6.07 Å². The molecule has 0 amide bonds. The Kier molecular flexibility index (Phi) is 3.25. The van der Waals surface area contributed by atoms with Crippen molar-refractivity contribution in [2.45, 2.75) is 11.4 Å². The summed E-state index contributed by atoms with van der Waals surface area (Å²) in [6, 6.07) is 8.90. The Labute approximate surface area is 120 Å². The second-order valence-electron chi connectivity index (χ2n) is 4.36. The highest BCUT2D eigenvalue weighted by Crippen LogP contribution is 2.24. The highest BCUT2D eigenvalue weighted by atomic mass is 32.2. The van der Waals surface area contributed by atoms with Crippen molar-refractivity contribution >= 4 is 38.0 Å². The van der Waals surface area contributed by atoms with Gasteiger partial charge >= 0.3 is 0 Å². The summed E-state index contributed by atoms with van der Waals surface area (Å²) in [4.78, 5) is 4.14. The minimum Gasteiger partial charge on any atom is -0.399 e. The van der Waals surface area contributed by atoms with Crippen molar-refractivity contribution in [3.63, 3.8) is 0 Å². The molecule has 20 heavy (non-hydrogen) atoms. The second kappa shape index (κ2) is 4.93. The van der Waals surface area contributed by atoms with Gasteiger partial charge in [0.15, 0.2) is 0 Å². The third-order valence-electron chi connectivity index (χ3n) is 2.97. The molecule has 0 bridgehead atoms. The number of thiophene rings is 1. The Morgan fingerprint density at radius 2 is 2.15 bits per heavy atom. The highest BCUT2D eigenvalue weighted by Gasteiger charge is 2.18. The molecule has 7 heteroatoms. The van der Waals surface area contributed by atoms with Crippen molar-refractivity contribution in [3.05, 3.63) is 46.8 Å². The van der Waals surface area contributed by atoms with Gasteiger partial charge in [0.25, 0.3) is 0 Å². The van der Waals surface area contributed by atoms with Crippen LogP contribution in [0.15, 0.2) is 46.8 Å². The number of benzene rings is 1. The molecule has 0 fully saturated rings. The molecule has 0 unspecified atom stereocenters. The van der Waals surface area contributed by atoms with Crippen LogP contribution in [0.5, 0.6) is 0 Å². The first-order chi connectivity index (χ1) is 9.56. The molecule has 0 saturated carbocycles. The van der Waals surface area contributed by atoms with Gasteiger partial charge in [-0.15, -0.1) is 11.3 Å². The molecule has 0 radical (unpaired) electrons. The zero-order valence-electron chi connectivity index (χ0n) is 10.5. The molecule has 3 rings (SSSR count). The summed E-state index contributed by atoms with van der Waals surface area (Å²) in [5.41, 5.74) is 6.98. The zero-order chi connectivity index (χ0) is 14.2. The van der Waals surface area contributed by atoms with Gasteiger partial charge in [0.05, 0.1) is 0 Å². The standard InChI is InChI=1S/C13H13N3O2S2/c14-9-3-4-11-12(6-9)15-8-13(11)20(17,18)16-7-10-2-1-5-19-10/h1-6,8,15-16H,7,14H2. The van der Waals surface area contributed by atoms with Crippen molar-refractivity contribution < 1.29 is 8.42 Å². The fourth-order valence-electron chi connectivity index (χ4n) is 2.00. The van der Waals surface area contributed by atoms with Crippen molar-refractivity contribution in [1.29, 1.82) is 0 Å². The van der Waals surface area contributed by atoms with Crippen molar-refractivity contribution in [2.24, 2.45) is 0 Å². The molecule has 2 aromatic heterocycles. The van der Waals surface area contributed by atoms with Crippen LogP contribution in [0.4, 0.5) is 5.69 Å². The van der Waals surface area contributed by atoms with E-state index in [4.69, 9.17) is 5.73 Å². The van der Waals surface area contributed by atoms with Gasteiger partial charge in [0.1, 0.15) is 4.90 Å². The second-order valence-corrected chi connectivity index (χ2v) is 7.13. The highest BCUT2D eigenvalue weighted by molar-refractivity contribution is 7.89. The number of rotatable bonds is 4. The number of nitrogen functional groups attached to an aromatic ring is 1. The number of fused-ring (bicyclic) bond motifs is 1. The topological polar surface area (TPSA) is 88.0 Å². The third-order valence-corrected chi connectivity index (χ3v) is 5.29. The summed E-state index contributed by atoms with van der Waals surface area (Å²) in [7, 11) is -3.55. The van der Waals surface area contributed by atoms with Crippen LogP contribution >= 0.6 is 11.3 Å². The van der Waals surface area contributed by atoms with E-state index < -0.39 is 10.0 Å². The molecule has 2 heterocycles. The average Bonchev–Trinajstić information content (AvgIpc) is 3.05. The van der Waals surface area contributed by atoms with E-state index in [1.54, 1.807) is 18.2 Å². The van der Waals surface area contributed by atoms with E-state index in [1.807, 2.05) is 17.5 Å². The lowest BCUT2D eigenvalue weighted by molar-refractivity contribution is 0.582. The largest absolute Gasteiger partial charge is 0.399 e. The van der Waals surface area contributed by atoms with Gasteiger partial charge < -0.3 is 10.7 Å². The molecule has 0 aliphatic carbocycles. The molecular weight excluding hydrogens is 294 g/mol. The number of sulfonamides is 1. The maximum Gasteiger partial charge on any atom is 0.243 e. The summed E-state index contributed by atoms with van der Waals surface area (Å²) in [6.45, 7) is 0.293. The predicted molar refractivity (Wildman–Crippen MR) is 81.1 cm³/mol. The van der Waals surface area contributed by atoms with E-state index in [1.165, 1.54) is 17.5 Å². The first-order valence-electron chi connectivity index (χ1n) is 5.95. The van der Waals surface area contributed by atoms with Crippen LogP contribution in [0.3, 0.4) is 0 Å². The van der Waals surface area contributed by atoms with Crippen molar-refractivity contribution in [2.75, 3.05) is 5.73 Å². The molecule has 0 aliphatic rings. The SMILES string of the molecule is Nc1ccc2c(S(=O)(=O)NCc3cccs3)c[nH]c2c1. The summed E-state index contributed by atoms with van der Waals surface area (Å²) >= 11 is 1.52. The van der Waals surface area contributed by atoms with Crippen LogP contribution in [-0.4, -0.2) is 13.4 Å². The normalized spacial score (nSPS) is 12.0. The maximum absolute atomic E-state index is 12.3. The molecule has 104 valence electrons. The number of hydrogen-bond acceptors (Lipinski definition) is 4. The number of aromatic amines is 1. The fraction of sp³-hybridized carbons (Fsp3) is 0.0769. The molecular formula is C13H13N3O2S2. The number of anilines is 1. The van der Waals surface area contributed by atoms with E-state index in [9.17, 15) is 8.42 Å². The van der Waals surface area contributed by atoms with Gasteiger partial charge in [-0.3, -0.25) is 0 Å². The van der Waals surface area contributed by atoms with Crippen LogP contribution in [-0.2, 0) is 16.6 Å². The Morgan fingerprint density at radius 3 is 2.90 bits per heavy atom. The maximum atomic E-state index is 12.3. The van der Waals surface area contributed by atoms with Gasteiger partial charge in [0.2, 0.25) is 10.0 Å². The van der Waals surface area contributed by atoms with Gasteiger partial charge in [0, 0.05) is 34.2 Å². The van der Waals surface area contributed by atoms with Crippen molar-refractivity contribution in [1.82, 2.24) is 9.71 Å². The van der Waals surface area contributed by atoms with Gasteiger partial charge in [-0.05, 0) is 29.6 Å². The quantitative estimate of drug-likeness (QED) is 0.646. The van der Waals surface area contributed by atoms with Crippen LogP contribution in [0.25, 0.3) is 10.9 Å². The minimum absolute atomic E-state index is 0.240. The number of hydrogen-bond donors (Lipinski definition) is 3. The fourth-order valence-corrected chi connectivity index (χ4v) is 3.92. The Hall–Kier alpha value is -1.83. The summed E-state index contributed by atoms with van der Waals surface area (Å²) in [5, 5.41) is 2.55. The van der Waals surface area contributed by atoms with Crippen molar-refractivity contribution in [3.8, 4) is 0 Å². The van der Waals surface area contributed by atoms with Gasteiger partial charge in [-0.25, -0.2) is 13.1 Å². The molecule has 0 aliphatic heterocycles. The smallest absolute Gasteiger partial charge is 0.243 e. The molecule has 0 spiro atoms. The molecule has 0 atom stereocenters. The lowest BCUT2D eigenvalue weighted by Crippen LogP contribution is -2.22. The number of nitrogens with one attached hydrogen (secondary N) is 2. The lowest BCUT2D eigenvalue weighted by Gasteiger charge is -2.04. The molecule has 5 nitrogen and oxygen atoms in total. The Morgan fingerprint density at radius 1 is 1.30 bits per heavy atom. The molecule has 0 saturated heterocycles. The van der Waals surface area contributed by atoms with E-state index in [0.717, 1.165) is 4.88 Å². The minimum atomic E-state index is -3.55. The zero-order valence-corrected chi connectivity index (χ0v) is 12.1. The van der Waals surface area contributed by atoms with Crippen LogP contribution in [0, 0.1) is 0 Å². The van der Waals surface area contributed by atoms with Gasteiger partial charge in [-0.2, -0.15) is 0 Å². The summed E-state index contributed by atoms with van der Waals surface area (Å²) < 4.78 is 27.3. The molecule has 4 N–H and O–H groups in total. The molecule has 1 aromatic carbocycles. The van der Waals surface area contributed by atoms with E-state index in [2.05, 4.69) is 9.71 Å². The first kappa shape index (κ1) is 13.2. The predicted octanol–water partition coefficient (Wildman–Crippen LogP) is 2.29. The average molecular weight is 307 g/mol. The number of aromatic nitrogens is 1. The van der Waals surface area contributed by atoms with Crippen LogP contribution in [0.2, 0.25) is 0 Å². The van der Waals surface area contributed by atoms with E-state index >= 15 is 0 Å². The number of nitrogens with two attached hydrogens (primary N) is 1. The number of H-pyrrole nitrogens is 1. The van der Waals surface area contributed by atoms with Crippen LogP contribution in [0.1, 0.15) is 4.88 Å². The van der Waals surface area contributed by atoms with Crippen LogP contribution < -0.4 is 10.5 Å². The summed E-state index contributed by atoms with van der Waals surface area (Å²) in [5.74, 6) is 0. The lowest BCUT2D eigenvalue weighted by atomic mass is 10.2. The molecule has 3 aromatic rings. The monoisotopic (exact) mass is 307 g/mol. The third kappa shape index (κ3) is 2.43. The Balaban J connectivity index is 1.93.